The van der Waals surface area contributed by atoms with Crippen LogP contribution in [0, 0.1) is 6.92 Å². The summed E-state index contributed by atoms with van der Waals surface area (Å²) in [6.07, 6.45) is 8.29. The molecular weight excluding hydrogens is 224 g/mol. The largest absolute Gasteiger partial charge is 0.329 e. The SMILES string of the molecule is Cc1ccc(Cn2cncc2C2CCCN2)cn1. The number of aryl methyl sites for hydroxylation is 1. The Morgan fingerprint density at radius 2 is 2.33 bits per heavy atom. The maximum absolute atomic E-state index is 4.34. The molecule has 0 saturated carbocycles. The van der Waals surface area contributed by atoms with E-state index in [9.17, 15) is 0 Å². The molecule has 4 heteroatoms. The third kappa shape index (κ3) is 2.29. The van der Waals surface area contributed by atoms with E-state index in [0.29, 0.717) is 6.04 Å². The topological polar surface area (TPSA) is 42.7 Å². The highest BCUT2D eigenvalue weighted by atomic mass is 15.1. The van der Waals surface area contributed by atoms with E-state index in [1.54, 1.807) is 0 Å². The van der Waals surface area contributed by atoms with E-state index in [-0.39, 0.29) is 0 Å². The first kappa shape index (κ1) is 11.4. The third-order valence-electron chi connectivity index (χ3n) is 3.49. The first-order valence-corrected chi connectivity index (χ1v) is 6.48. The van der Waals surface area contributed by atoms with Crippen LogP contribution in [0.1, 0.15) is 35.8 Å². The molecule has 94 valence electrons. The molecule has 3 rings (SSSR count). The maximum atomic E-state index is 4.34. The lowest BCUT2D eigenvalue weighted by Crippen LogP contribution is -2.17. The van der Waals surface area contributed by atoms with Crippen LogP contribution >= 0.6 is 0 Å². The molecule has 1 unspecified atom stereocenters. The Morgan fingerprint density at radius 3 is 3.06 bits per heavy atom. The number of nitrogens with zero attached hydrogens (tertiary/aromatic N) is 3. The summed E-state index contributed by atoms with van der Waals surface area (Å²) < 4.78 is 2.22. The second-order valence-electron chi connectivity index (χ2n) is 4.90. The van der Waals surface area contributed by atoms with Gasteiger partial charge in [-0.05, 0) is 37.9 Å². The zero-order valence-electron chi connectivity index (χ0n) is 10.6. The molecule has 3 heterocycles. The number of imidazole rings is 1. The first-order valence-electron chi connectivity index (χ1n) is 6.48. The normalized spacial score (nSPS) is 19.3. The lowest BCUT2D eigenvalue weighted by Gasteiger charge is -2.13. The van der Waals surface area contributed by atoms with Gasteiger partial charge in [0.25, 0.3) is 0 Å². The van der Waals surface area contributed by atoms with Crippen LogP contribution < -0.4 is 5.32 Å². The molecule has 2 aromatic rings. The molecule has 1 fully saturated rings. The van der Waals surface area contributed by atoms with Crippen molar-refractivity contribution in [2.75, 3.05) is 6.54 Å². The van der Waals surface area contributed by atoms with Crippen molar-refractivity contribution in [2.45, 2.75) is 32.4 Å². The molecule has 0 amide bonds. The molecule has 18 heavy (non-hydrogen) atoms. The number of hydrogen-bond donors (Lipinski definition) is 1. The summed E-state index contributed by atoms with van der Waals surface area (Å²) in [4.78, 5) is 8.62. The number of rotatable bonds is 3. The Kier molecular flexibility index (Phi) is 3.11. The van der Waals surface area contributed by atoms with Crippen molar-refractivity contribution in [2.24, 2.45) is 0 Å². The minimum absolute atomic E-state index is 0.464. The second-order valence-corrected chi connectivity index (χ2v) is 4.90. The Morgan fingerprint density at radius 1 is 1.39 bits per heavy atom. The Bertz CT molecular complexity index is 509. The van der Waals surface area contributed by atoms with Crippen LogP contribution in [-0.4, -0.2) is 21.1 Å². The van der Waals surface area contributed by atoms with E-state index in [1.165, 1.54) is 24.1 Å². The molecule has 4 nitrogen and oxygen atoms in total. The zero-order chi connectivity index (χ0) is 12.4. The zero-order valence-corrected chi connectivity index (χ0v) is 10.6. The van der Waals surface area contributed by atoms with Crippen LogP contribution in [0.15, 0.2) is 30.9 Å². The van der Waals surface area contributed by atoms with Crippen LogP contribution in [0.25, 0.3) is 0 Å². The fraction of sp³-hybridized carbons (Fsp3) is 0.429. The fourth-order valence-electron chi connectivity index (χ4n) is 2.48. The number of aromatic nitrogens is 3. The van der Waals surface area contributed by atoms with Crippen molar-refractivity contribution in [1.29, 1.82) is 0 Å². The van der Waals surface area contributed by atoms with E-state index < -0.39 is 0 Å². The van der Waals surface area contributed by atoms with E-state index in [2.05, 4.69) is 32.0 Å². The van der Waals surface area contributed by atoms with E-state index in [4.69, 9.17) is 0 Å². The van der Waals surface area contributed by atoms with E-state index >= 15 is 0 Å². The molecule has 0 radical (unpaired) electrons. The van der Waals surface area contributed by atoms with Gasteiger partial charge in [-0.15, -0.1) is 0 Å². The van der Waals surface area contributed by atoms with Gasteiger partial charge in [-0.2, -0.15) is 0 Å². The van der Waals surface area contributed by atoms with Gasteiger partial charge in [-0.3, -0.25) is 4.98 Å². The van der Waals surface area contributed by atoms with Gasteiger partial charge in [0.1, 0.15) is 0 Å². The summed E-state index contributed by atoms with van der Waals surface area (Å²) >= 11 is 0. The number of nitrogens with one attached hydrogen (secondary N) is 1. The van der Waals surface area contributed by atoms with Gasteiger partial charge in [-0.25, -0.2) is 4.98 Å². The lowest BCUT2D eigenvalue weighted by atomic mass is 10.1. The summed E-state index contributed by atoms with van der Waals surface area (Å²) in [5.74, 6) is 0. The maximum Gasteiger partial charge on any atom is 0.0951 e. The van der Waals surface area contributed by atoms with Gasteiger partial charge in [0.2, 0.25) is 0 Å². The molecular formula is C14H18N4. The number of hydrogen-bond acceptors (Lipinski definition) is 3. The van der Waals surface area contributed by atoms with E-state index in [0.717, 1.165) is 18.8 Å². The van der Waals surface area contributed by atoms with Crippen molar-refractivity contribution >= 4 is 0 Å². The fourth-order valence-corrected chi connectivity index (χ4v) is 2.48. The van der Waals surface area contributed by atoms with Crippen molar-refractivity contribution < 1.29 is 0 Å². The molecule has 1 saturated heterocycles. The van der Waals surface area contributed by atoms with Gasteiger partial charge >= 0.3 is 0 Å². The summed E-state index contributed by atoms with van der Waals surface area (Å²) in [5.41, 5.74) is 3.56. The quantitative estimate of drug-likeness (QED) is 0.896. The predicted molar refractivity (Wildman–Crippen MR) is 70.3 cm³/mol. The predicted octanol–water partition coefficient (Wildman–Crippen LogP) is 2.06. The minimum atomic E-state index is 0.464. The van der Waals surface area contributed by atoms with Crippen LogP contribution in [-0.2, 0) is 6.54 Å². The molecule has 2 aromatic heterocycles. The summed E-state index contributed by atoms with van der Waals surface area (Å²) in [5, 5.41) is 3.52. The van der Waals surface area contributed by atoms with Crippen LogP contribution in [0.3, 0.4) is 0 Å². The highest BCUT2D eigenvalue weighted by Crippen LogP contribution is 2.23. The van der Waals surface area contributed by atoms with Crippen LogP contribution in [0.4, 0.5) is 0 Å². The highest BCUT2D eigenvalue weighted by Gasteiger charge is 2.19. The third-order valence-corrected chi connectivity index (χ3v) is 3.49. The van der Waals surface area contributed by atoms with E-state index in [1.807, 2.05) is 25.6 Å². The minimum Gasteiger partial charge on any atom is -0.329 e. The molecule has 0 bridgehead atoms. The first-order chi connectivity index (χ1) is 8.83. The highest BCUT2D eigenvalue weighted by molar-refractivity contribution is 5.16. The average molecular weight is 242 g/mol. The average Bonchev–Trinajstić information content (AvgIpc) is 3.02. The Hall–Kier alpha value is -1.68. The molecule has 1 N–H and O–H groups in total. The monoisotopic (exact) mass is 242 g/mol. The standard InChI is InChI=1S/C14H18N4/c1-11-4-5-12(7-17-11)9-18-10-15-8-14(18)13-3-2-6-16-13/h4-5,7-8,10,13,16H,2-3,6,9H2,1H3. The summed E-state index contributed by atoms with van der Waals surface area (Å²) in [6, 6.07) is 4.65. The van der Waals surface area contributed by atoms with Gasteiger partial charge in [0.05, 0.1) is 18.6 Å². The molecule has 0 spiro atoms. The molecule has 1 atom stereocenters. The van der Waals surface area contributed by atoms with Crippen molar-refractivity contribution in [1.82, 2.24) is 19.9 Å². The van der Waals surface area contributed by atoms with Crippen molar-refractivity contribution in [3.05, 3.63) is 47.8 Å². The van der Waals surface area contributed by atoms with Crippen LogP contribution in [0.2, 0.25) is 0 Å². The van der Waals surface area contributed by atoms with Crippen LogP contribution in [0.5, 0.6) is 0 Å². The smallest absolute Gasteiger partial charge is 0.0951 e. The van der Waals surface area contributed by atoms with Gasteiger partial charge in [-0.1, -0.05) is 6.07 Å². The molecule has 0 aliphatic carbocycles. The lowest BCUT2D eigenvalue weighted by molar-refractivity contribution is 0.584. The summed E-state index contributed by atoms with van der Waals surface area (Å²) in [6.45, 7) is 3.97. The molecule has 1 aliphatic rings. The van der Waals surface area contributed by atoms with Gasteiger partial charge < -0.3 is 9.88 Å². The molecule has 1 aliphatic heterocycles. The second kappa shape index (κ2) is 4.90. The van der Waals surface area contributed by atoms with Crippen molar-refractivity contribution in [3.8, 4) is 0 Å². The van der Waals surface area contributed by atoms with Crippen molar-refractivity contribution in [3.63, 3.8) is 0 Å². The Labute approximate surface area is 107 Å². The summed E-state index contributed by atoms with van der Waals surface area (Å²) in [7, 11) is 0. The molecule has 0 aromatic carbocycles. The Balaban J connectivity index is 1.80. The van der Waals surface area contributed by atoms with Gasteiger partial charge in [0, 0.05) is 24.1 Å². The number of pyridine rings is 1. The van der Waals surface area contributed by atoms with Gasteiger partial charge in [0.15, 0.2) is 0 Å².